The van der Waals surface area contributed by atoms with Gasteiger partial charge in [0.25, 0.3) is 0 Å². The Morgan fingerprint density at radius 3 is 2.17 bits per heavy atom. The van der Waals surface area contributed by atoms with Crippen molar-refractivity contribution in [1.82, 2.24) is 4.98 Å². The number of carbonyl (C=O) groups excluding carboxylic acids is 2. The van der Waals surface area contributed by atoms with Crippen LogP contribution >= 0.6 is 15.9 Å². The van der Waals surface area contributed by atoms with Crippen molar-refractivity contribution in [3.63, 3.8) is 0 Å². The first-order valence-corrected chi connectivity index (χ1v) is 8.12. The van der Waals surface area contributed by atoms with E-state index < -0.39 is 11.6 Å². The van der Waals surface area contributed by atoms with Gasteiger partial charge in [0.05, 0.1) is 0 Å². The third kappa shape index (κ3) is 3.91. The van der Waals surface area contributed by atoms with E-state index in [1.807, 2.05) is 32.9 Å². The molecule has 0 spiro atoms. The van der Waals surface area contributed by atoms with Gasteiger partial charge in [0.2, 0.25) is 0 Å². The van der Waals surface area contributed by atoms with Gasteiger partial charge in [-0.15, -0.1) is 0 Å². The van der Waals surface area contributed by atoms with Crippen molar-refractivity contribution in [2.75, 3.05) is 0 Å². The number of ether oxygens (including phenoxy) is 1. The van der Waals surface area contributed by atoms with Gasteiger partial charge < -0.3 is 9.72 Å². The zero-order valence-electron chi connectivity index (χ0n) is 13.9. The van der Waals surface area contributed by atoms with Crippen molar-refractivity contribution in [3.05, 3.63) is 56.8 Å². The Morgan fingerprint density at radius 2 is 1.65 bits per heavy atom. The van der Waals surface area contributed by atoms with Crippen molar-refractivity contribution in [2.45, 2.75) is 40.2 Å². The number of rotatable bonds is 3. The number of H-pyrrole nitrogens is 1. The number of halogens is 1. The first-order chi connectivity index (χ1) is 10.6. The number of carbonyl (C=O) groups is 2. The smallest absolute Gasteiger partial charge is 0.355 e. The van der Waals surface area contributed by atoms with E-state index in [1.54, 1.807) is 26.0 Å². The molecule has 0 fully saturated rings. The lowest BCUT2D eigenvalue weighted by molar-refractivity contribution is 0.00626. The third-order valence-electron chi connectivity index (χ3n) is 3.37. The highest BCUT2D eigenvalue weighted by atomic mass is 79.9. The van der Waals surface area contributed by atoms with Gasteiger partial charge in [-0.1, -0.05) is 15.9 Å². The quantitative estimate of drug-likeness (QED) is 0.628. The molecule has 1 N–H and O–H groups in total. The number of aromatic nitrogens is 1. The summed E-state index contributed by atoms with van der Waals surface area (Å²) in [6.07, 6.45) is 0. The van der Waals surface area contributed by atoms with Gasteiger partial charge >= 0.3 is 5.97 Å². The molecule has 0 bridgehead atoms. The number of esters is 1. The van der Waals surface area contributed by atoms with Gasteiger partial charge in [0.1, 0.15) is 11.3 Å². The largest absolute Gasteiger partial charge is 0.455 e. The summed E-state index contributed by atoms with van der Waals surface area (Å²) >= 11 is 3.35. The van der Waals surface area contributed by atoms with Crippen molar-refractivity contribution >= 4 is 27.7 Å². The van der Waals surface area contributed by atoms with Crippen LogP contribution in [0.15, 0.2) is 28.7 Å². The lowest BCUT2D eigenvalue weighted by Gasteiger charge is -2.19. The predicted octanol–water partition coefficient (Wildman–Crippen LogP) is 4.58. The minimum absolute atomic E-state index is 0.112. The van der Waals surface area contributed by atoms with Gasteiger partial charge in [-0.3, -0.25) is 4.79 Å². The summed E-state index contributed by atoms with van der Waals surface area (Å²) in [6.45, 7) is 8.97. The van der Waals surface area contributed by atoms with Crippen LogP contribution in [0.25, 0.3) is 0 Å². The molecule has 0 aliphatic heterocycles. The molecule has 1 heterocycles. The summed E-state index contributed by atoms with van der Waals surface area (Å²) in [7, 11) is 0. The summed E-state index contributed by atoms with van der Waals surface area (Å²) in [5.74, 6) is -0.563. The van der Waals surface area contributed by atoms with Gasteiger partial charge in [0, 0.05) is 21.3 Å². The fourth-order valence-electron chi connectivity index (χ4n) is 2.37. The van der Waals surface area contributed by atoms with E-state index in [1.165, 1.54) is 0 Å². The molecule has 1 aromatic carbocycles. The summed E-state index contributed by atoms with van der Waals surface area (Å²) in [5.41, 5.74) is 2.12. The average molecular weight is 378 g/mol. The number of hydrogen-bond acceptors (Lipinski definition) is 3. The Labute approximate surface area is 144 Å². The van der Waals surface area contributed by atoms with E-state index in [4.69, 9.17) is 4.74 Å². The molecule has 2 aromatic rings. The molecular weight excluding hydrogens is 358 g/mol. The fraction of sp³-hybridized carbons (Fsp3) is 0.333. The van der Waals surface area contributed by atoms with E-state index in [9.17, 15) is 9.59 Å². The Hall–Kier alpha value is -1.88. The SMILES string of the molecule is Cc1[nH]c(C(=O)OC(C)(C)C)c(C)c1C(=O)c1ccc(Br)cc1. The van der Waals surface area contributed by atoms with Gasteiger partial charge in [0.15, 0.2) is 5.78 Å². The van der Waals surface area contributed by atoms with Crippen LogP contribution in [-0.4, -0.2) is 22.3 Å². The monoisotopic (exact) mass is 377 g/mol. The van der Waals surface area contributed by atoms with Crippen LogP contribution in [0.3, 0.4) is 0 Å². The van der Waals surface area contributed by atoms with Crippen LogP contribution in [0, 0.1) is 13.8 Å². The topological polar surface area (TPSA) is 59.2 Å². The number of nitrogens with one attached hydrogen (secondary N) is 1. The normalized spacial score (nSPS) is 11.4. The van der Waals surface area contributed by atoms with Crippen molar-refractivity contribution < 1.29 is 14.3 Å². The summed E-state index contributed by atoms with van der Waals surface area (Å²) in [5, 5.41) is 0. The first-order valence-electron chi connectivity index (χ1n) is 7.33. The summed E-state index contributed by atoms with van der Waals surface area (Å²) in [4.78, 5) is 28.0. The highest BCUT2D eigenvalue weighted by Gasteiger charge is 2.26. The molecule has 1 aromatic heterocycles. The van der Waals surface area contributed by atoms with E-state index in [0.29, 0.717) is 28.1 Å². The summed E-state index contributed by atoms with van der Waals surface area (Å²) in [6, 6.07) is 7.15. The Kier molecular flexibility index (Phi) is 4.80. The molecule has 0 atom stereocenters. The molecule has 23 heavy (non-hydrogen) atoms. The average Bonchev–Trinajstić information content (AvgIpc) is 2.72. The van der Waals surface area contributed by atoms with Crippen LogP contribution in [0.5, 0.6) is 0 Å². The maximum atomic E-state index is 12.7. The van der Waals surface area contributed by atoms with Crippen LogP contribution < -0.4 is 0 Å². The van der Waals surface area contributed by atoms with Gasteiger partial charge in [-0.25, -0.2) is 4.79 Å². The Morgan fingerprint density at radius 1 is 1.09 bits per heavy atom. The number of aryl methyl sites for hydroxylation is 1. The van der Waals surface area contributed by atoms with Crippen LogP contribution in [0.4, 0.5) is 0 Å². The Bertz CT molecular complexity index is 752. The van der Waals surface area contributed by atoms with E-state index in [0.717, 1.165) is 4.47 Å². The van der Waals surface area contributed by atoms with Crippen LogP contribution in [-0.2, 0) is 4.74 Å². The molecule has 0 aliphatic rings. The highest BCUT2D eigenvalue weighted by molar-refractivity contribution is 9.10. The second-order valence-corrected chi connectivity index (χ2v) is 7.38. The first kappa shape index (κ1) is 17.5. The molecule has 0 unspecified atom stereocenters. The minimum atomic E-state index is -0.585. The third-order valence-corrected chi connectivity index (χ3v) is 3.90. The fourth-order valence-corrected chi connectivity index (χ4v) is 2.63. The number of ketones is 1. The zero-order valence-corrected chi connectivity index (χ0v) is 15.5. The molecule has 5 heteroatoms. The van der Waals surface area contributed by atoms with E-state index in [2.05, 4.69) is 20.9 Å². The molecule has 0 radical (unpaired) electrons. The van der Waals surface area contributed by atoms with E-state index >= 15 is 0 Å². The number of hydrogen-bond donors (Lipinski definition) is 1. The van der Waals surface area contributed by atoms with Crippen molar-refractivity contribution in [3.8, 4) is 0 Å². The summed E-state index contributed by atoms with van der Waals surface area (Å²) < 4.78 is 6.29. The minimum Gasteiger partial charge on any atom is -0.455 e. The van der Waals surface area contributed by atoms with Crippen LogP contribution in [0.1, 0.15) is 58.4 Å². The second-order valence-electron chi connectivity index (χ2n) is 6.46. The predicted molar refractivity (Wildman–Crippen MR) is 93.0 cm³/mol. The second kappa shape index (κ2) is 6.32. The molecule has 0 aliphatic carbocycles. The molecule has 2 rings (SSSR count). The highest BCUT2D eigenvalue weighted by Crippen LogP contribution is 2.24. The Balaban J connectivity index is 2.39. The maximum absolute atomic E-state index is 12.7. The van der Waals surface area contributed by atoms with E-state index in [-0.39, 0.29) is 5.78 Å². The molecular formula is C18H20BrNO3. The lowest BCUT2D eigenvalue weighted by atomic mass is 10.00. The van der Waals surface area contributed by atoms with Gasteiger partial charge in [-0.2, -0.15) is 0 Å². The number of benzene rings is 1. The number of aromatic amines is 1. The van der Waals surface area contributed by atoms with Gasteiger partial charge in [-0.05, 0) is 64.4 Å². The standard InChI is InChI=1S/C18H20BrNO3/c1-10-14(16(21)12-6-8-13(19)9-7-12)11(2)20-15(10)17(22)23-18(3,4)5/h6-9,20H,1-5H3. The molecule has 0 saturated heterocycles. The molecule has 0 saturated carbocycles. The molecule has 0 amide bonds. The van der Waals surface area contributed by atoms with Crippen LogP contribution in [0.2, 0.25) is 0 Å². The zero-order chi connectivity index (χ0) is 17.4. The molecule has 122 valence electrons. The van der Waals surface area contributed by atoms with Crippen molar-refractivity contribution in [1.29, 1.82) is 0 Å². The maximum Gasteiger partial charge on any atom is 0.355 e. The molecule has 4 nitrogen and oxygen atoms in total. The van der Waals surface area contributed by atoms with Crippen molar-refractivity contribution in [2.24, 2.45) is 0 Å². The lowest BCUT2D eigenvalue weighted by Crippen LogP contribution is -2.24.